The van der Waals surface area contributed by atoms with Crippen molar-refractivity contribution in [3.8, 4) is 6.07 Å². The average Bonchev–Trinajstić information content (AvgIpc) is 2.53. The SMILES string of the molecule is CN(CCCNc1ccccc1C#N)Cc1ccccc1. The van der Waals surface area contributed by atoms with Gasteiger partial charge in [-0.25, -0.2) is 0 Å². The van der Waals surface area contributed by atoms with Crippen molar-refractivity contribution < 1.29 is 0 Å². The molecule has 0 amide bonds. The molecule has 0 bridgehead atoms. The highest BCUT2D eigenvalue weighted by atomic mass is 15.1. The molecule has 0 fully saturated rings. The number of rotatable bonds is 7. The van der Waals surface area contributed by atoms with Gasteiger partial charge in [0.1, 0.15) is 6.07 Å². The van der Waals surface area contributed by atoms with Crippen LogP contribution in [0.15, 0.2) is 54.6 Å². The molecule has 3 heteroatoms. The zero-order chi connectivity index (χ0) is 14.9. The fraction of sp³-hybridized carbons (Fsp3) is 0.278. The Labute approximate surface area is 126 Å². The molecule has 2 rings (SSSR count). The lowest BCUT2D eigenvalue weighted by Gasteiger charge is -2.17. The zero-order valence-electron chi connectivity index (χ0n) is 12.4. The first-order valence-corrected chi connectivity index (χ1v) is 7.25. The van der Waals surface area contributed by atoms with Crippen molar-refractivity contribution in [3.63, 3.8) is 0 Å². The molecule has 0 aliphatic heterocycles. The normalized spacial score (nSPS) is 10.3. The Kier molecular flexibility index (Phi) is 5.81. The van der Waals surface area contributed by atoms with Crippen LogP contribution in [0, 0.1) is 11.3 Å². The fourth-order valence-corrected chi connectivity index (χ4v) is 2.28. The van der Waals surface area contributed by atoms with E-state index in [1.807, 2.05) is 30.3 Å². The van der Waals surface area contributed by atoms with Crippen LogP contribution in [0.2, 0.25) is 0 Å². The van der Waals surface area contributed by atoms with Crippen LogP contribution in [-0.4, -0.2) is 25.0 Å². The maximum Gasteiger partial charge on any atom is 0.101 e. The summed E-state index contributed by atoms with van der Waals surface area (Å²) in [7, 11) is 2.14. The minimum absolute atomic E-state index is 0.704. The Hall–Kier alpha value is -2.31. The molecule has 0 unspecified atom stereocenters. The first kappa shape index (κ1) is 15.1. The van der Waals surface area contributed by atoms with Crippen molar-refractivity contribution in [1.82, 2.24) is 4.90 Å². The van der Waals surface area contributed by atoms with Gasteiger partial charge in [0.05, 0.1) is 11.3 Å². The van der Waals surface area contributed by atoms with Crippen LogP contribution in [0.5, 0.6) is 0 Å². The Morgan fingerprint density at radius 3 is 2.52 bits per heavy atom. The number of nitrogens with one attached hydrogen (secondary N) is 1. The van der Waals surface area contributed by atoms with Crippen molar-refractivity contribution in [2.45, 2.75) is 13.0 Å². The van der Waals surface area contributed by atoms with Crippen molar-refractivity contribution in [2.75, 3.05) is 25.5 Å². The Bertz CT molecular complexity index is 587. The van der Waals surface area contributed by atoms with E-state index in [0.717, 1.165) is 31.7 Å². The molecule has 1 N–H and O–H groups in total. The zero-order valence-corrected chi connectivity index (χ0v) is 12.4. The molecule has 0 aliphatic carbocycles. The number of nitrogens with zero attached hydrogens (tertiary/aromatic N) is 2. The minimum atomic E-state index is 0.704. The quantitative estimate of drug-likeness (QED) is 0.789. The molecule has 0 spiro atoms. The third-order valence-electron chi connectivity index (χ3n) is 3.37. The predicted molar refractivity (Wildman–Crippen MR) is 87.0 cm³/mol. The largest absolute Gasteiger partial charge is 0.384 e. The summed E-state index contributed by atoms with van der Waals surface area (Å²) in [4.78, 5) is 2.31. The molecule has 21 heavy (non-hydrogen) atoms. The van der Waals surface area contributed by atoms with E-state index in [1.165, 1.54) is 5.56 Å². The third-order valence-corrected chi connectivity index (χ3v) is 3.37. The Morgan fingerprint density at radius 1 is 1.05 bits per heavy atom. The van der Waals surface area contributed by atoms with E-state index >= 15 is 0 Å². The highest BCUT2D eigenvalue weighted by molar-refractivity contribution is 5.56. The molecule has 0 saturated heterocycles. The maximum absolute atomic E-state index is 9.03. The standard InChI is InChI=1S/C18H21N3/c1-21(15-16-8-3-2-4-9-16)13-7-12-20-18-11-6-5-10-17(18)14-19/h2-6,8-11,20H,7,12-13,15H2,1H3. The second-order valence-corrected chi connectivity index (χ2v) is 5.16. The van der Waals surface area contributed by atoms with E-state index in [1.54, 1.807) is 0 Å². The van der Waals surface area contributed by atoms with Crippen molar-refractivity contribution >= 4 is 5.69 Å². The summed E-state index contributed by atoms with van der Waals surface area (Å²) in [5, 5.41) is 12.4. The first-order chi connectivity index (χ1) is 10.3. The van der Waals surface area contributed by atoms with Gasteiger partial charge in [0.15, 0.2) is 0 Å². The number of anilines is 1. The summed E-state index contributed by atoms with van der Waals surface area (Å²) >= 11 is 0. The molecule has 0 atom stereocenters. The van der Waals surface area contributed by atoms with Gasteiger partial charge < -0.3 is 10.2 Å². The fourth-order valence-electron chi connectivity index (χ4n) is 2.28. The van der Waals surface area contributed by atoms with Crippen LogP contribution in [0.25, 0.3) is 0 Å². The van der Waals surface area contributed by atoms with Gasteiger partial charge in [-0.05, 0) is 37.7 Å². The lowest BCUT2D eigenvalue weighted by Crippen LogP contribution is -2.21. The summed E-state index contributed by atoms with van der Waals surface area (Å²) in [5.74, 6) is 0. The van der Waals surface area contributed by atoms with Gasteiger partial charge in [-0.2, -0.15) is 5.26 Å². The molecule has 0 heterocycles. The van der Waals surface area contributed by atoms with E-state index in [-0.39, 0.29) is 0 Å². The van der Waals surface area contributed by atoms with Crippen LogP contribution in [0.3, 0.4) is 0 Å². The molecule has 108 valence electrons. The van der Waals surface area contributed by atoms with Gasteiger partial charge in [0.2, 0.25) is 0 Å². The molecule has 2 aromatic rings. The lowest BCUT2D eigenvalue weighted by molar-refractivity contribution is 0.325. The van der Waals surface area contributed by atoms with E-state index in [2.05, 4.69) is 47.6 Å². The van der Waals surface area contributed by atoms with Gasteiger partial charge in [0.25, 0.3) is 0 Å². The predicted octanol–water partition coefficient (Wildman–Crippen LogP) is 3.49. The maximum atomic E-state index is 9.03. The average molecular weight is 279 g/mol. The van der Waals surface area contributed by atoms with Gasteiger partial charge in [-0.3, -0.25) is 0 Å². The first-order valence-electron chi connectivity index (χ1n) is 7.25. The van der Waals surface area contributed by atoms with Crippen LogP contribution in [0.1, 0.15) is 17.5 Å². The summed E-state index contributed by atoms with van der Waals surface area (Å²) < 4.78 is 0. The number of benzene rings is 2. The van der Waals surface area contributed by atoms with Gasteiger partial charge in [-0.1, -0.05) is 42.5 Å². The summed E-state index contributed by atoms with van der Waals surface area (Å²) in [6.07, 6.45) is 1.04. The lowest BCUT2D eigenvalue weighted by atomic mass is 10.2. The van der Waals surface area contributed by atoms with Gasteiger partial charge >= 0.3 is 0 Å². The molecule has 0 radical (unpaired) electrons. The summed E-state index contributed by atoms with van der Waals surface area (Å²) in [6, 6.07) is 20.3. The summed E-state index contributed by atoms with van der Waals surface area (Å²) in [5.41, 5.74) is 2.96. The smallest absolute Gasteiger partial charge is 0.101 e. The number of para-hydroxylation sites is 1. The second kappa shape index (κ2) is 8.08. The topological polar surface area (TPSA) is 39.1 Å². The third kappa shape index (κ3) is 4.94. The highest BCUT2D eigenvalue weighted by Crippen LogP contribution is 2.13. The van der Waals surface area contributed by atoms with E-state index in [0.29, 0.717) is 5.56 Å². The van der Waals surface area contributed by atoms with E-state index < -0.39 is 0 Å². The second-order valence-electron chi connectivity index (χ2n) is 5.16. The highest BCUT2D eigenvalue weighted by Gasteiger charge is 2.01. The van der Waals surface area contributed by atoms with Crippen LogP contribution in [-0.2, 0) is 6.54 Å². The summed E-state index contributed by atoms with van der Waals surface area (Å²) in [6.45, 7) is 2.87. The molecular weight excluding hydrogens is 258 g/mol. The Balaban J connectivity index is 1.71. The minimum Gasteiger partial charge on any atom is -0.384 e. The molecule has 2 aromatic carbocycles. The molecule has 0 aromatic heterocycles. The number of nitriles is 1. The number of hydrogen-bond donors (Lipinski definition) is 1. The molecule has 0 saturated carbocycles. The molecular formula is C18H21N3. The number of hydrogen-bond acceptors (Lipinski definition) is 3. The monoisotopic (exact) mass is 279 g/mol. The van der Waals surface area contributed by atoms with Crippen molar-refractivity contribution in [1.29, 1.82) is 5.26 Å². The molecule has 0 aliphatic rings. The van der Waals surface area contributed by atoms with Crippen molar-refractivity contribution in [3.05, 3.63) is 65.7 Å². The van der Waals surface area contributed by atoms with E-state index in [4.69, 9.17) is 5.26 Å². The van der Waals surface area contributed by atoms with Crippen LogP contribution >= 0.6 is 0 Å². The van der Waals surface area contributed by atoms with E-state index in [9.17, 15) is 0 Å². The van der Waals surface area contributed by atoms with Crippen LogP contribution < -0.4 is 5.32 Å². The van der Waals surface area contributed by atoms with Crippen LogP contribution in [0.4, 0.5) is 5.69 Å². The van der Waals surface area contributed by atoms with Gasteiger partial charge in [-0.15, -0.1) is 0 Å². The molecule has 3 nitrogen and oxygen atoms in total. The van der Waals surface area contributed by atoms with Gasteiger partial charge in [0, 0.05) is 13.1 Å². The van der Waals surface area contributed by atoms with Crippen molar-refractivity contribution in [2.24, 2.45) is 0 Å². The Morgan fingerprint density at radius 2 is 1.76 bits per heavy atom.